The van der Waals surface area contributed by atoms with Crippen LogP contribution in [0.1, 0.15) is 19.3 Å². The minimum atomic E-state index is 0.428. The molecule has 2 aliphatic heterocycles. The van der Waals surface area contributed by atoms with E-state index in [1.165, 1.54) is 37.3 Å². The Kier molecular flexibility index (Phi) is 4.95. The van der Waals surface area contributed by atoms with E-state index in [0.717, 1.165) is 19.0 Å². The van der Waals surface area contributed by atoms with Crippen molar-refractivity contribution in [1.29, 1.82) is 0 Å². The van der Waals surface area contributed by atoms with Crippen molar-refractivity contribution in [2.75, 3.05) is 38.2 Å². The molecule has 3 nitrogen and oxygen atoms in total. The fourth-order valence-corrected chi connectivity index (χ4v) is 4.28. The van der Waals surface area contributed by atoms with Crippen molar-refractivity contribution in [1.82, 2.24) is 4.90 Å². The third-order valence-corrected chi connectivity index (χ3v) is 5.15. The molecule has 2 aliphatic rings. The number of hydrogen-bond donors (Lipinski definition) is 1. The van der Waals surface area contributed by atoms with Crippen LogP contribution in [0.15, 0.2) is 0 Å². The Hall–Kier alpha value is 0.230. The van der Waals surface area contributed by atoms with Crippen LogP contribution in [0.2, 0.25) is 0 Å². The third kappa shape index (κ3) is 2.92. The molecule has 3 unspecified atom stereocenters. The van der Waals surface area contributed by atoms with Gasteiger partial charge in [0.05, 0.1) is 6.10 Å². The van der Waals surface area contributed by atoms with Crippen LogP contribution in [-0.2, 0) is 4.74 Å². The molecule has 2 N–H and O–H groups in total. The Morgan fingerprint density at radius 1 is 1.50 bits per heavy atom. The lowest BCUT2D eigenvalue weighted by molar-refractivity contribution is 0.00684. The Bertz CT molecular complexity index is 209. The van der Waals surface area contributed by atoms with E-state index in [2.05, 4.69) is 16.7 Å². The van der Waals surface area contributed by atoms with Gasteiger partial charge in [0.2, 0.25) is 0 Å². The molecule has 0 aromatic rings. The molecule has 4 heteroatoms. The number of nitrogens with zero attached hydrogens (tertiary/aromatic N) is 1. The van der Waals surface area contributed by atoms with Crippen LogP contribution >= 0.6 is 11.8 Å². The second-order valence-corrected chi connectivity index (χ2v) is 6.07. The number of rotatable bonds is 4. The summed E-state index contributed by atoms with van der Waals surface area (Å²) in [6, 6.07) is 0.591. The smallest absolute Gasteiger partial charge is 0.0698 e. The molecular weight excluding hydrogens is 220 g/mol. The van der Waals surface area contributed by atoms with Gasteiger partial charge in [0.1, 0.15) is 0 Å². The minimum absolute atomic E-state index is 0.428. The number of ether oxygens (including phenoxy) is 1. The second-order valence-electron chi connectivity index (χ2n) is 4.92. The van der Waals surface area contributed by atoms with Crippen LogP contribution in [0.3, 0.4) is 0 Å². The average molecular weight is 244 g/mol. The normalized spacial score (nSPS) is 34.1. The van der Waals surface area contributed by atoms with E-state index < -0.39 is 0 Å². The molecule has 0 aromatic carbocycles. The van der Waals surface area contributed by atoms with E-state index in [-0.39, 0.29) is 0 Å². The van der Waals surface area contributed by atoms with E-state index in [9.17, 15) is 0 Å². The highest BCUT2D eigenvalue weighted by molar-refractivity contribution is 7.99. The number of piperidine rings is 1. The van der Waals surface area contributed by atoms with Gasteiger partial charge in [0, 0.05) is 26.2 Å². The van der Waals surface area contributed by atoms with Crippen molar-refractivity contribution in [3.63, 3.8) is 0 Å². The topological polar surface area (TPSA) is 38.5 Å². The summed E-state index contributed by atoms with van der Waals surface area (Å²) in [6.45, 7) is 3.10. The van der Waals surface area contributed by atoms with Crippen LogP contribution in [0.25, 0.3) is 0 Å². The first kappa shape index (κ1) is 12.7. The van der Waals surface area contributed by atoms with Gasteiger partial charge in [-0.25, -0.2) is 0 Å². The van der Waals surface area contributed by atoms with Gasteiger partial charge in [0.25, 0.3) is 0 Å². The number of hydrogen-bond acceptors (Lipinski definition) is 4. The summed E-state index contributed by atoms with van der Waals surface area (Å²) in [5, 5.41) is 0. The van der Waals surface area contributed by atoms with Gasteiger partial charge < -0.3 is 10.5 Å². The molecule has 16 heavy (non-hydrogen) atoms. The summed E-state index contributed by atoms with van der Waals surface area (Å²) in [5.74, 6) is 3.43. The highest BCUT2D eigenvalue weighted by Gasteiger charge is 2.32. The lowest BCUT2D eigenvalue weighted by Crippen LogP contribution is -2.51. The summed E-state index contributed by atoms with van der Waals surface area (Å²) < 4.78 is 5.49. The molecule has 0 amide bonds. The fourth-order valence-electron chi connectivity index (χ4n) is 2.96. The van der Waals surface area contributed by atoms with Crippen molar-refractivity contribution < 1.29 is 4.74 Å². The molecule has 3 atom stereocenters. The second kappa shape index (κ2) is 6.24. The Morgan fingerprint density at radius 3 is 3.00 bits per heavy atom. The van der Waals surface area contributed by atoms with Crippen LogP contribution < -0.4 is 5.73 Å². The highest BCUT2D eigenvalue weighted by Crippen LogP contribution is 2.30. The van der Waals surface area contributed by atoms with E-state index in [1.807, 2.05) is 7.11 Å². The molecule has 2 rings (SSSR count). The average Bonchev–Trinajstić information content (AvgIpc) is 2.84. The van der Waals surface area contributed by atoms with Crippen molar-refractivity contribution in [3.8, 4) is 0 Å². The molecular formula is C12H24N2OS. The van der Waals surface area contributed by atoms with Gasteiger partial charge in [0.15, 0.2) is 0 Å². The molecule has 2 heterocycles. The Labute approximate surface area is 103 Å². The van der Waals surface area contributed by atoms with Gasteiger partial charge in [-0.1, -0.05) is 0 Å². The number of nitrogens with two attached hydrogens (primary N) is 1. The predicted octanol–water partition coefficient (Wildman–Crippen LogP) is 1.18. The SMILES string of the molecule is COC1CCCN(C(CN)C2CCSC2)C1. The van der Waals surface area contributed by atoms with Gasteiger partial charge >= 0.3 is 0 Å². The van der Waals surface area contributed by atoms with Gasteiger partial charge in [-0.05, 0) is 43.2 Å². The van der Waals surface area contributed by atoms with Crippen LogP contribution in [0.4, 0.5) is 0 Å². The zero-order chi connectivity index (χ0) is 11.4. The van der Waals surface area contributed by atoms with Crippen molar-refractivity contribution in [2.24, 2.45) is 11.7 Å². The van der Waals surface area contributed by atoms with Crippen molar-refractivity contribution in [2.45, 2.75) is 31.4 Å². The quantitative estimate of drug-likeness (QED) is 0.806. The van der Waals surface area contributed by atoms with E-state index in [1.54, 1.807) is 0 Å². The lowest BCUT2D eigenvalue weighted by atomic mass is 9.95. The molecule has 0 aromatic heterocycles. The number of likely N-dealkylation sites (tertiary alicyclic amines) is 1. The minimum Gasteiger partial charge on any atom is -0.380 e. The molecule has 0 spiro atoms. The molecule has 0 aliphatic carbocycles. The zero-order valence-electron chi connectivity index (χ0n) is 10.2. The number of methoxy groups -OCH3 is 1. The van der Waals surface area contributed by atoms with Crippen LogP contribution in [0, 0.1) is 5.92 Å². The van der Waals surface area contributed by atoms with Crippen LogP contribution in [0.5, 0.6) is 0 Å². The van der Waals surface area contributed by atoms with E-state index >= 15 is 0 Å². The molecule has 0 bridgehead atoms. The van der Waals surface area contributed by atoms with Crippen LogP contribution in [-0.4, -0.2) is 55.3 Å². The maximum absolute atomic E-state index is 5.98. The highest BCUT2D eigenvalue weighted by atomic mass is 32.2. The lowest BCUT2D eigenvalue weighted by Gasteiger charge is -2.39. The molecule has 2 fully saturated rings. The summed E-state index contributed by atoms with van der Waals surface area (Å²) in [6.07, 6.45) is 4.25. The largest absolute Gasteiger partial charge is 0.380 e. The molecule has 0 radical (unpaired) electrons. The first-order valence-electron chi connectivity index (χ1n) is 6.39. The summed E-state index contributed by atoms with van der Waals surface area (Å²) in [7, 11) is 1.83. The molecule has 0 saturated carbocycles. The van der Waals surface area contributed by atoms with Gasteiger partial charge in [-0.2, -0.15) is 11.8 Å². The van der Waals surface area contributed by atoms with Crippen molar-refractivity contribution >= 4 is 11.8 Å². The van der Waals surface area contributed by atoms with E-state index in [4.69, 9.17) is 10.5 Å². The third-order valence-electron chi connectivity index (χ3n) is 3.96. The van der Waals surface area contributed by atoms with Crippen molar-refractivity contribution in [3.05, 3.63) is 0 Å². The Morgan fingerprint density at radius 2 is 2.38 bits per heavy atom. The molecule has 2 saturated heterocycles. The maximum Gasteiger partial charge on any atom is 0.0698 e. The predicted molar refractivity (Wildman–Crippen MR) is 69.9 cm³/mol. The Balaban J connectivity index is 1.91. The number of thioether (sulfide) groups is 1. The monoisotopic (exact) mass is 244 g/mol. The van der Waals surface area contributed by atoms with Gasteiger partial charge in [-0.3, -0.25) is 4.90 Å². The first-order valence-corrected chi connectivity index (χ1v) is 7.55. The zero-order valence-corrected chi connectivity index (χ0v) is 11.0. The summed E-state index contributed by atoms with van der Waals surface area (Å²) in [4.78, 5) is 2.58. The molecule has 94 valence electrons. The summed E-state index contributed by atoms with van der Waals surface area (Å²) >= 11 is 2.08. The van der Waals surface area contributed by atoms with Gasteiger partial charge in [-0.15, -0.1) is 0 Å². The van der Waals surface area contributed by atoms with E-state index in [0.29, 0.717) is 12.1 Å². The first-order chi connectivity index (χ1) is 7.85. The standard InChI is InChI=1S/C12H24N2OS/c1-15-11-3-2-5-14(8-11)12(7-13)10-4-6-16-9-10/h10-12H,2-9,13H2,1H3. The summed E-state index contributed by atoms with van der Waals surface area (Å²) in [5.41, 5.74) is 5.98. The maximum atomic E-state index is 5.98. The fraction of sp³-hybridized carbons (Fsp3) is 1.00.